The first-order valence-corrected chi connectivity index (χ1v) is 5.99. The molecule has 1 amide bonds. The normalized spacial score (nSPS) is 20.6. The second kappa shape index (κ2) is 5.20. The Bertz CT molecular complexity index is 457. The molecule has 1 aromatic heterocycles. The summed E-state index contributed by atoms with van der Waals surface area (Å²) in [7, 11) is 0. The van der Waals surface area contributed by atoms with Crippen LogP contribution in [0.3, 0.4) is 0 Å². The van der Waals surface area contributed by atoms with Crippen LogP contribution in [0, 0.1) is 0 Å². The zero-order valence-electron chi connectivity index (χ0n) is 10.4. The maximum absolute atomic E-state index is 12.4. The summed E-state index contributed by atoms with van der Waals surface area (Å²) in [6.45, 7) is 3.68. The Labute approximate surface area is 108 Å². The van der Waals surface area contributed by atoms with Crippen molar-refractivity contribution in [2.45, 2.75) is 25.7 Å². The van der Waals surface area contributed by atoms with Gasteiger partial charge in [0.15, 0.2) is 5.69 Å². The van der Waals surface area contributed by atoms with Gasteiger partial charge in [0, 0.05) is 31.9 Å². The summed E-state index contributed by atoms with van der Waals surface area (Å²) in [5.41, 5.74) is -0.978. The number of hydrogen-bond donors (Lipinski definition) is 1. The number of aromatic nitrogens is 2. The number of alkyl halides is 3. The second-order valence-electron chi connectivity index (χ2n) is 4.54. The third kappa shape index (κ3) is 3.25. The highest BCUT2D eigenvalue weighted by Crippen LogP contribution is 2.27. The predicted molar refractivity (Wildman–Crippen MR) is 61.3 cm³/mol. The maximum atomic E-state index is 12.4. The highest BCUT2D eigenvalue weighted by molar-refractivity contribution is 5.76. The first-order chi connectivity index (χ1) is 8.88. The summed E-state index contributed by atoms with van der Waals surface area (Å²) < 4.78 is 38.2. The van der Waals surface area contributed by atoms with Crippen molar-refractivity contribution in [1.29, 1.82) is 0 Å². The minimum absolute atomic E-state index is 0.0406. The van der Waals surface area contributed by atoms with Crippen molar-refractivity contribution in [2.75, 3.05) is 19.6 Å². The van der Waals surface area contributed by atoms with E-state index in [4.69, 9.17) is 0 Å². The molecule has 106 valence electrons. The summed E-state index contributed by atoms with van der Waals surface area (Å²) in [5.74, 6) is -0.217. The van der Waals surface area contributed by atoms with Gasteiger partial charge in [-0.2, -0.15) is 18.3 Å². The molecule has 0 aromatic carbocycles. The number of piperazine rings is 1. The molecule has 0 radical (unpaired) electrons. The molecule has 8 heteroatoms. The summed E-state index contributed by atoms with van der Waals surface area (Å²) in [6, 6.07) is 0.910. The molecule has 2 rings (SSSR count). The average Bonchev–Trinajstić information content (AvgIpc) is 2.77. The minimum Gasteiger partial charge on any atom is -0.336 e. The Morgan fingerprint density at radius 2 is 2.32 bits per heavy atom. The molecule has 1 atom stereocenters. The molecule has 0 bridgehead atoms. The van der Waals surface area contributed by atoms with Crippen LogP contribution in [0.25, 0.3) is 0 Å². The molecule has 0 saturated carbocycles. The van der Waals surface area contributed by atoms with E-state index in [-0.39, 0.29) is 18.5 Å². The number of carbonyl (C=O) groups is 1. The quantitative estimate of drug-likeness (QED) is 0.866. The second-order valence-corrected chi connectivity index (χ2v) is 4.54. The molecule has 0 unspecified atom stereocenters. The van der Waals surface area contributed by atoms with E-state index < -0.39 is 11.9 Å². The van der Waals surface area contributed by atoms with E-state index in [2.05, 4.69) is 10.4 Å². The number of amides is 1. The van der Waals surface area contributed by atoms with Gasteiger partial charge in [-0.3, -0.25) is 9.48 Å². The Hall–Kier alpha value is -1.57. The third-order valence-corrected chi connectivity index (χ3v) is 3.05. The standard InChI is InChI=1S/C11H15F3N4O/c1-8-6-15-3-5-18(8)10(19)7-17-4-2-9(16-17)11(12,13)14/h2,4,8,15H,3,5-7H2,1H3/t8-/m0/s1. The highest BCUT2D eigenvalue weighted by atomic mass is 19.4. The molecule has 0 aliphatic carbocycles. The van der Waals surface area contributed by atoms with E-state index in [1.807, 2.05) is 6.92 Å². The number of nitrogens with zero attached hydrogens (tertiary/aromatic N) is 3. The zero-order valence-corrected chi connectivity index (χ0v) is 10.4. The summed E-state index contributed by atoms with van der Waals surface area (Å²) >= 11 is 0. The van der Waals surface area contributed by atoms with Crippen LogP contribution in [-0.4, -0.2) is 46.3 Å². The Morgan fingerprint density at radius 1 is 1.58 bits per heavy atom. The Balaban J connectivity index is 2.00. The Morgan fingerprint density at radius 3 is 2.89 bits per heavy atom. The summed E-state index contributed by atoms with van der Waals surface area (Å²) in [5, 5.41) is 6.51. The molecule has 1 N–H and O–H groups in total. The van der Waals surface area contributed by atoms with Gasteiger partial charge in [-0.1, -0.05) is 0 Å². The number of rotatable bonds is 2. The van der Waals surface area contributed by atoms with E-state index in [1.165, 1.54) is 6.20 Å². The highest BCUT2D eigenvalue weighted by Gasteiger charge is 2.34. The fourth-order valence-corrected chi connectivity index (χ4v) is 2.04. The van der Waals surface area contributed by atoms with Crippen molar-refractivity contribution in [2.24, 2.45) is 0 Å². The molecule has 1 saturated heterocycles. The molecule has 19 heavy (non-hydrogen) atoms. The van der Waals surface area contributed by atoms with Crippen LogP contribution in [0.1, 0.15) is 12.6 Å². The fraction of sp³-hybridized carbons (Fsp3) is 0.636. The number of halogens is 3. The number of carbonyl (C=O) groups excluding carboxylic acids is 1. The number of hydrogen-bond acceptors (Lipinski definition) is 3. The van der Waals surface area contributed by atoms with Crippen molar-refractivity contribution in [3.63, 3.8) is 0 Å². The first kappa shape index (κ1) is 13.9. The zero-order chi connectivity index (χ0) is 14.0. The lowest BCUT2D eigenvalue weighted by Crippen LogP contribution is -2.53. The molecule has 1 aliphatic rings. The SMILES string of the molecule is C[C@H]1CNCCN1C(=O)Cn1ccc(C(F)(F)F)n1. The minimum atomic E-state index is -4.48. The van der Waals surface area contributed by atoms with Crippen LogP contribution < -0.4 is 5.32 Å². The van der Waals surface area contributed by atoms with Gasteiger partial charge >= 0.3 is 6.18 Å². The van der Waals surface area contributed by atoms with Crippen LogP contribution in [0.5, 0.6) is 0 Å². The van der Waals surface area contributed by atoms with E-state index in [0.717, 1.165) is 10.7 Å². The molecule has 2 heterocycles. The molecule has 1 aliphatic heterocycles. The van der Waals surface area contributed by atoms with E-state index >= 15 is 0 Å². The summed E-state index contributed by atoms with van der Waals surface area (Å²) in [4.78, 5) is 13.7. The molecule has 5 nitrogen and oxygen atoms in total. The predicted octanol–water partition coefficient (Wildman–Crippen LogP) is 0.722. The monoisotopic (exact) mass is 276 g/mol. The van der Waals surface area contributed by atoms with Crippen LogP contribution in [0.15, 0.2) is 12.3 Å². The summed E-state index contributed by atoms with van der Waals surface area (Å²) in [6.07, 6.45) is -3.30. The smallest absolute Gasteiger partial charge is 0.336 e. The van der Waals surface area contributed by atoms with Gasteiger partial charge in [0.2, 0.25) is 5.91 Å². The van der Waals surface area contributed by atoms with E-state index in [1.54, 1.807) is 4.90 Å². The number of nitrogens with one attached hydrogen (secondary N) is 1. The van der Waals surface area contributed by atoms with Gasteiger partial charge in [-0.25, -0.2) is 0 Å². The van der Waals surface area contributed by atoms with Crippen molar-refractivity contribution >= 4 is 5.91 Å². The van der Waals surface area contributed by atoms with Gasteiger partial charge in [-0.05, 0) is 13.0 Å². The Kier molecular flexibility index (Phi) is 3.79. The fourth-order valence-electron chi connectivity index (χ4n) is 2.04. The van der Waals surface area contributed by atoms with Crippen molar-refractivity contribution < 1.29 is 18.0 Å². The van der Waals surface area contributed by atoms with E-state index in [9.17, 15) is 18.0 Å². The van der Waals surface area contributed by atoms with Gasteiger partial charge in [-0.15, -0.1) is 0 Å². The van der Waals surface area contributed by atoms with Gasteiger partial charge < -0.3 is 10.2 Å². The first-order valence-electron chi connectivity index (χ1n) is 5.99. The van der Waals surface area contributed by atoms with Gasteiger partial charge in [0.05, 0.1) is 0 Å². The van der Waals surface area contributed by atoms with Gasteiger partial charge in [0.25, 0.3) is 0 Å². The van der Waals surface area contributed by atoms with Gasteiger partial charge in [0.1, 0.15) is 6.54 Å². The van der Waals surface area contributed by atoms with Crippen molar-refractivity contribution in [3.05, 3.63) is 18.0 Å². The van der Waals surface area contributed by atoms with Crippen LogP contribution in [0.4, 0.5) is 13.2 Å². The van der Waals surface area contributed by atoms with Crippen LogP contribution in [-0.2, 0) is 17.5 Å². The molecule has 0 spiro atoms. The third-order valence-electron chi connectivity index (χ3n) is 3.05. The lowest BCUT2D eigenvalue weighted by atomic mass is 10.2. The van der Waals surface area contributed by atoms with E-state index in [0.29, 0.717) is 19.6 Å². The largest absolute Gasteiger partial charge is 0.435 e. The molecular weight excluding hydrogens is 261 g/mol. The average molecular weight is 276 g/mol. The van der Waals surface area contributed by atoms with Crippen molar-refractivity contribution in [3.8, 4) is 0 Å². The molecular formula is C11H15F3N4O. The maximum Gasteiger partial charge on any atom is 0.435 e. The lowest BCUT2D eigenvalue weighted by molar-refractivity contribution is -0.142. The topological polar surface area (TPSA) is 50.2 Å². The van der Waals surface area contributed by atoms with Crippen molar-refractivity contribution in [1.82, 2.24) is 20.0 Å². The molecule has 1 aromatic rings. The lowest BCUT2D eigenvalue weighted by Gasteiger charge is -2.33. The van der Waals surface area contributed by atoms with Crippen LogP contribution in [0.2, 0.25) is 0 Å². The molecule has 1 fully saturated rings. The van der Waals surface area contributed by atoms with Crippen LogP contribution >= 0.6 is 0 Å².